The van der Waals surface area contributed by atoms with Crippen molar-refractivity contribution in [2.75, 3.05) is 6.54 Å². The van der Waals surface area contributed by atoms with Crippen LogP contribution in [0.25, 0.3) is 0 Å². The summed E-state index contributed by atoms with van der Waals surface area (Å²) in [6.45, 7) is 2.41. The molecule has 0 unspecified atom stereocenters. The van der Waals surface area contributed by atoms with Gasteiger partial charge in [0.1, 0.15) is 5.69 Å². The van der Waals surface area contributed by atoms with Crippen molar-refractivity contribution < 1.29 is 4.79 Å². The lowest BCUT2D eigenvalue weighted by molar-refractivity contribution is 0.0741. The largest absolute Gasteiger partial charge is 0.333 e. The fourth-order valence-corrected chi connectivity index (χ4v) is 2.20. The highest BCUT2D eigenvalue weighted by Gasteiger charge is 2.33. The van der Waals surface area contributed by atoms with E-state index in [4.69, 9.17) is 5.26 Å². The molecule has 4 nitrogen and oxygen atoms in total. The molecule has 5 heteroatoms. The van der Waals surface area contributed by atoms with Gasteiger partial charge in [0.2, 0.25) is 0 Å². The topological polar surface area (TPSA) is 57.0 Å². The lowest BCUT2D eigenvalue weighted by Crippen LogP contribution is -2.34. The first-order valence-electron chi connectivity index (χ1n) is 5.32. The van der Waals surface area contributed by atoms with Gasteiger partial charge in [-0.2, -0.15) is 5.26 Å². The van der Waals surface area contributed by atoms with E-state index in [2.05, 4.69) is 11.1 Å². The fraction of sp³-hybridized carbons (Fsp3) is 0.545. The van der Waals surface area contributed by atoms with Gasteiger partial charge in [-0.25, -0.2) is 4.98 Å². The SMILES string of the molecule is Cc1nc(C(=O)N(CCC#N)C2CC2)cs1. The van der Waals surface area contributed by atoms with Crippen molar-refractivity contribution in [2.24, 2.45) is 0 Å². The number of aromatic nitrogens is 1. The Morgan fingerprint density at radius 1 is 1.75 bits per heavy atom. The summed E-state index contributed by atoms with van der Waals surface area (Å²) in [5.41, 5.74) is 0.521. The molecule has 0 N–H and O–H groups in total. The quantitative estimate of drug-likeness (QED) is 0.801. The molecule has 1 heterocycles. The summed E-state index contributed by atoms with van der Waals surface area (Å²) in [5.74, 6) is -0.0258. The molecule has 1 aliphatic rings. The number of amides is 1. The number of nitrogens with zero attached hydrogens (tertiary/aromatic N) is 3. The maximum absolute atomic E-state index is 12.1. The normalized spacial score (nSPS) is 14.5. The van der Waals surface area contributed by atoms with Crippen LogP contribution in [0.4, 0.5) is 0 Å². The van der Waals surface area contributed by atoms with Crippen molar-refractivity contribution >= 4 is 17.2 Å². The lowest BCUT2D eigenvalue weighted by Gasteiger charge is -2.19. The molecule has 0 radical (unpaired) electrons. The predicted octanol–water partition coefficient (Wildman–Crippen LogP) is 1.97. The molecule has 1 saturated carbocycles. The molecule has 16 heavy (non-hydrogen) atoms. The third-order valence-electron chi connectivity index (χ3n) is 2.55. The first kappa shape index (κ1) is 11.1. The molecular weight excluding hydrogens is 222 g/mol. The van der Waals surface area contributed by atoms with Crippen molar-refractivity contribution in [3.8, 4) is 6.07 Å². The number of carbonyl (C=O) groups is 1. The van der Waals surface area contributed by atoms with E-state index in [-0.39, 0.29) is 5.91 Å². The Morgan fingerprint density at radius 2 is 2.50 bits per heavy atom. The van der Waals surface area contributed by atoms with Crippen LogP contribution < -0.4 is 0 Å². The third kappa shape index (κ3) is 2.39. The van der Waals surface area contributed by atoms with Gasteiger partial charge in [0.15, 0.2) is 0 Å². The number of hydrogen-bond acceptors (Lipinski definition) is 4. The zero-order chi connectivity index (χ0) is 11.5. The number of rotatable bonds is 4. The molecule has 1 aliphatic carbocycles. The van der Waals surface area contributed by atoms with Gasteiger partial charge in [-0.1, -0.05) is 0 Å². The summed E-state index contributed by atoms with van der Waals surface area (Å²) in [6.07, 6.45) is 2.51. The number of hydrogen-bond donors (Lipinski definition) is 0. The zero-order valence-corrected chi connectivity index (χ0v) is 9.96. The van der Waals surface area contributed by atoms with Crippen LogP contribution in [-0.2, 0) is 0 Å². The summed E-state index contributed by atoms with van der Waals surface area (Å²) in [4.78, 5) is 18.1. The molecule has 0 atom stereocenters. The minimum Gasteiger partial charge on any atom is -0.333 e. The molecule has 0 spiro atoms. The molecule has 0 saturated heterocycles. The molecule has 1 amide bonds. The minimum absolute atomic E-state index is 0.0258. The van der Waals surface area contributed by atoms with E-state index in [0.717, 1.165) is 17.8 Å². The number of carbonyl (C=O) groups excluding carboxylic acids is 1. The second-order valence-corrected chi connectivity index (χ2v) is 4.95. The second-order valence-electron chi connectivity index (χ2n) is 3.89. The summed E-state index contributed by atoms with van der Waals surface area (Å²) in [6, 6.07) is 2.42. The van der Waals surface area contributed by atoms with Crippen molar-refractivity contribution in [3.63, 3.8) is 0 Å². The smallest absolute Gasteiger partial charge is 0.273 e. The average molecular weight is 235 g/mol. The minimum atomic E-state index is -0.0258. The van der Waals surface area contributed by atoms with Crippen LogP contribution in [0.3, 0.4) is 0 Å². The first-order chi connectivity index (χ1) is 7.72. The van der Waals surface area contributed by atoms with Crippen molar-refractivity contribution in [3.05, 3.63) is 16.1 Å². The highest BCUT2D eigenvalue weighted by atomic mass is 32.1. The van der Waals surface area contributed by atoms with Gasteiger partial charge in [0.25, 0.3) is 5.91 Å². The number of nitriles is 1. The standard InChI is InChI=1S/C11H13N3OS/c1-8-13-10(7-16-8)11(15)14(6-2-5-12)9-3-4-9/h7,9H,2-4,6H2,1H3. The van der Waals surface area contributed by atoms with Crippen LogP contribution in [0.5, 0.6) is 0 Å². The van der Waals surface area contributed by atoms with Crippen LogP contribution in [-0.4, -0.2) is 28.4 Å². The molecule has 0 aromatic carbocycles. The van der Waals surface area contributed by atoms with E-state index in [9.17, 15) is 4.79 Å². The van der Waals surface area contributed by atoms with Gasteiger partial charge in [-0.3, -0.25) is 4.79 Å². The first-order valence-corrected chi connectivity index (χ1v) is 6.20. The van der Waals surface area contributed by atoms with Crippen LogP contribution in [0.2, 0.25) is 0 Å². The Morgan fingerprint density at radius 3 is 3.00 bits per heavy atom. The van der Waals surface area contributed by atoms with Crippen LogP contribution >= 0.6 is 11.3 Å². The Kier molecular flexibility index (Phi) is 3.20. The van der Waals surface area contributed by atoms with Crippen molar-refractivity contribution in [1.82, 2.24) is 9.88 Å². The van der Waals surface area contributed by atoms with E-state index in [1.54, 1.807) is 10.3 Å². The van der Waals surface area contributed by atoms with Crippen molar-refractivity contribution in [2.45, 2.75) is 32.2 Å². The van der Waals surface area contributed by atoms with Crippen LogP contribution in [0, 0.1) is 18.3 Å². The van der Waals surface area contributed by atoms with Gasteiger partial charge < -0.3 is 4.90 Å². The van der Waals surface area contributed by atoms with Crippen molar-refractivity contribution in [1.29, 1.82) is 5.26 Å². The lowest BCUT2D eigenvalue weighted by atomic mass is 10.3. The third-order valence-corrected chi connectivity index (χ3v) is 3.32. The maximum Gasteiger partial charge on any atom is 0.273 e. The number of aryl methyl sites for hydroxylation is 1. The zero-order valence-electron chi connectivity index (χ0n) is 9.14. The summed E-state index contributed by atoms with van der Waals surface area (Å²) >= 11 is 1.48. The Bertz CT molecular complexity index is 431. The highest BCUT2D eigenvalue weighted by molar-refractivity contribution is 7.09. The summed E-state index contributed by atoms with van der Waals surface area (Å²) in [7, 11) is 0. The van der Waals surface area contributed by atoms with Gasteiger partial charge in [-0.15, -0.1) is 11.3 Å². The van der Waals surface area contributed by atoms with E-state index in [1.807, 2.05) is 6.92 Å². The molecule has 1 aromatic rings. The molecule has 1 fully saturated rings. The maximum atomic E-state index is 12.1. The van der Waals surface area contributed by atoms with E-state index < -0.39 is 0 Å². The van der Waals surface area contributed by atoms with E-state index in [1.165, 1.54) is 11.3 Å². The molecule has 1 aromatic heterocycles. The molecule has 0 aliphatic heterocycles. The summed E-state index contributed by atoms with van der Waals surface area (Å²) in [5, 5.41) is 11.3. The Balaban J connectivity index is 2.08. The molecule has 2 rings (SSSR count). The summed E-state index contributed by atoms with van der Waals surface area (Å²) < 4.78 is 0. The number of thiazole rings is 1. The van der Waals surface area contributed by atoms with E-state index >= 15 is 0 Å². The fourth-order valence-electron chi connectivity index (χ4n) is 1.62. The van der Waals surface area contributed by atoms with Gasteiger partial charge in [-0.05, 0) is 19.8 Å². The highest BCUT2D eigenvalue weighted by Crippen LogP contribution is 2.28. The van der Waals surface area contributed by atoms with Crippen LogP contribution in [0.1, 0.15) is 34.8 Å². The van der Waals surface area contributed by atoms with Gasteiger partial charge >= 0.3 is 0 Å². The van der Waals surface area contributed by atoms with E-state index in [0.29, 0.717) is 24.7 Å². The molecular formula is C11H13N3OS. The molecule has 0 bridgehead atoms. The monoisotopic (exact) mass is 235 g/mol. The average Bonchev–Trinajstić information content (AvgIpc) is 3.01. The molecule has 84 valence electrons. The van der Waals surface area contributed by atoms with Crippen LogP contribution in [0.15, 0.2) is 5.38 Å². The Hall–Kier alpha value is -1.41. The van der Waals surface area contributed by atoms with Gasteiger partial charge in [0, 0.05) is 18.0 Å². The Labute approximate surface area is 98.5 Å². The van der Waals surface area contributed by atoms with Gasteiger partial charge in [0.05, 0.1) is 17.5 Å². The predicted molar refractivity (Wildman–Crippen MR) is 61.1 cm³/mol. The second kappa shape index (κ2) is 4.62.